The fraction of sp³-hybridized carbons (Fsp3) is 0.926. The summed E-state index contributed by atoms with van der Waals surface area (Å²) in [7, 11) is 0. The molecule has 0 radical (unpaired) electrons. The molecule has 6 bridgehead atoms. The van der Waals surface area contributed by atoms with Crippen molar-refractivity contribution in [1.82, 2.24) is 0 Å². The maximum absolute atomic E-state index is 13.0. The van der Waals surface area contributed by atoms with Gasteiger partial charge in [0.25, 0.3) is 0 Å². The Labute approximate surface area is 192 Å². The summed E-state index contributed by atoms with van der Waals surface area (Å²) in [5, 5.41) is 0. The number of hydrogen-bond donors (Lipinski definition) is 0. The number of carbonyl (C=O) groups is 2. The van der Waals surface area contributed by atoms with Gasteiger partial charge in [0.05, 0.1) is 18.4 Å². The highest BCUT2D eigenvalue weighted by molar-refractivity contribution is 5.74. The van der Waals surface area contributed by atoms with Crippen molar-refractivity contribution in [1.29, 1.82) is 0 Å². The number of fused-ring (bicyclic) bond motifs is 11. The van der Waals surface area contributed by atoms with E-state index in [1.165, 1.54) is 38.5 Å². The van der Waals surface area contributed by atoms with E-state index in [0.29, 0.717) is 35.5 Å². The van der Waals surface area contributed by atoms with Crippen LogP contribution in [0, 0.1) is 65.1 Å². The first-order valence-corrected chi connectivity index (χ1v) is 13.5. The highest BCUT2D eigenvalue weighted by Gasteiger charge is 2.66. The van der Waals surface area contributed by atoms with E-state index in [4.69, 9.17) is 14.2 Å². The molecule has 5 nitrogen and oxygen atoms in total. The van der Waals surface area contributed by atoms with Crippen molar-refractivity contribution >= 4 is 11.9 Å². The van der Waals surface area contributed by atoms with Crippen LogP contribution in [0.15, 0.2) is 0 Å². The number of ether oxygens (including phenoxy) is 3. The van der Waals surface area contributed by atoms with Gasteiger partial charge < -0.3 is 14.2 Å². The largest absolute Gasteiger partial charge is 0.462 e. The quantitative estimate of drug-likeness (QED) is 0.232. The maximum Gasteiger partial charge on any atom is 0.311 e. The molecule has 12 atom stereocenters. The molecule has 32 heavy (non-hydrogen) atoms. The van der Waals surface area contributed by atoms with Crippen LogP contribution in [0.4, 0.5) is 0 Å². The Kier molecular flexibility index (Phi) is 5.55. The van der Waals surface area contributed by atoms with Gasteiger partial charge in [-0.2, -0.15) is 0 Å². The van der Waals surface area contributed by atoms with E-state index in [1.54, 1.807) is 0 Å². The van der Waals surface area contributed by atoms with Crippen LogP contribution in [0.5, 0.6) is 0 Å². The molecular weight excluding hydrogens is 404 g/mol. The van der Waals surface area contributed by atoms with E-state index >= 15 is 0 Å². The SMILES string of the molecule is CCC(C)C(=O)OC1CC2CC1C1C3CC(CC3C(=O)OCOCC3CC4CCC3C4)C21. The zero-order chi connectivity index (χ0) is 22.0. The molecule has 0 heterocycles. The summed E-state index contributed by atoms with van der Waals surface area (Å²) in [6, 6.07) is 0. The average molecular weight is 445 g/mol. The average Bonchev–Trinajstić information content (AvgIpc) is 3.62. The molecule has 0 amide bonds. The van der Waals surface area contributed by atoms with Crippen LogP contribution in [-0.4, -0.2) is 31.4 Å². The molecule has 6 fully saturated rings. The van der Waals surface area contributed by atoms with Crippen LogP contribution in [0.3, 0.4) is 0 Å². The Hall–Kier alpha value is -1.10. The van der Waals surface area contributed by atoms with E-state index in [-0.39, 0.29) is 36.7 Å². The lowest BCUT2D eigenvalue weighted by atomic mass is 9.67. The summed E-state index contributed by atoms with van der Waals surface area (Å²) in [6.45, 7) is 4.87. The standard InChI is InChI=1S/C27H40O5/c1-3-14(2)26(28)32-23-11-18-10-22(23)25-20-8-17(24(18)25)9-21(20)27(29)31-13-30-12-19-7-15-4-5-16(19)6-15/h14-25H,3-13H2,1-2H3. The molecule has 5 heteroatoms. The van der Waals surface area contributed by atoms with Gasteiger partial charge in [0, 0.05) is 0 Å². The van der Waals surface area contributed by atoms with Gasteiger partial charge in [-0.15, -0.1) is 0 Å². The van der Waals surface area contributed by atoms with Crippen LogP contribution < -0.4 is 0 Å². The van der Waals surface area contributed by atoms with Crippen LogP contribution in [0.1, 0.15) is 71.6 Å². The Morgan fingerprint density at radius 2 is 1.72 bits per heavy atom. The van der Waals surface area contributed by atoms with E-state index in [0.717, 1.165) is 43.6 Å². The fourth-order valence-electron chi connectivity index (χ4n) is 9.37. The minimum atomic E-state index is -0.0418. The van der Waals surface area contributed by atoms with Gasteiger partial charge in [-0.25, -0.2) is 0 Å². The summed E-state index contributed by atoms with van der Waals surface area (Å²) in [6.07, 6.45) is 10.8. The number of rotatable bonds is 8. The van der Waals surface area contributed by atoms with E-state index in [2.05, 4.69) is 0 Å². The van der Waals surface area contributed by atoms with Crippen molar-refractivity contribution in [3.8, 4) is 0 Å². The molecule has 12 unspecified atom stereocenters. The number of hydrogen-bond acceptors (Lipinski definition) is 5. The van der Waals surface area contributed by atoms with Crippen molar-refractivity contribution in [3.05, 3.63) is 0 Å². The third-order valence-corrected chi connectivity index (χ3v) is 10.8. The van der Waals surface area contributed by atoms with Crippen LogP contribution >= 0.6 is 0 Å². The molecule has 6 saturated carbocycles. The van der Waals surface area contributed by atoms with Crippen molar-refractivity contribution in [2.24, 2.45) is 65.1 Å². The van der Waals surface area contributed by atoms with Gasteiger partial charge in [-0.1, -0.05) is 20.3 Å². The Balaban J connectivity index is 1.01. The molecule has 0 N–H and O–H groups in total. The van der Waals surface area contributed by atoms with Gasteiger partial charge in [0.1, 0.15) is 6.10 Å². The number of carbonyl (C=O) groups excluding carboxylic acids is 2. The zero-order valence-electron chi connectivity index (χ0n) is 19.7. The molecule has 0 aliphatic heterocycles. The van der Waals surface area contributed by atoms with E-state index in [9.17, 15) is 9.59 Å². The lowest BCUT2D eigenvalue weighted by Crippen LogP contribution is -2.42. The fourth-order valence-corrected chi connectivity index (χ4v) is 9.37. The highest BCUT2D eigenvalue weighted by atomic mass is 16.7. The molecule has 6 aliphatic rings. The molecule has 0 spiro atoms. The molecule has 0 aromatic heterocycles. The van der Waals surface area contributed by atoms with Gasteiger partial charge >= 0.3 is 11.9 Å². The predicted molar refractivity (Wildman–Crippen MR) is 118 cm³/mol. The Morgan fingerprint density at radius 1 is 0.906 bits per heavy atom. The van der Waals surface area contributed by atoms with Crippen molar-refractivity contribution < 1.29 is 23.8 Å². The molecule has 178 valence electrons. The second-order valence-electron chi connectivity index (χ2n) is 12.2. The lowest BCUT2D eigenvalue weighted by Gasteiger charge is -2.40. The van der Waals surface area contributed by atoms with Crippen molar-refractivity contribution in [2.75, 3.05) is 13.4 Å². The summed E-state index contributed by atoms with van der Waals surface area (Å²) < 4.78 is 17.4. The third kappa shape index (κ3) is 3.44. The summed E-state index contributed by atoms with van der Waals surface area (Å²) >= 11 is 0. The predicted octanol–water partition coefficient (Wildman–Crippen LogP) is 4.83. The zero-order valence-corrected chi connectivity index (χ0v) is 19.7. The maximum atomic E-state index is 13.0. The van der Waals surface area contributed by atoms with Crippen molar-refractivity contribution in [2.45, 2.75) is 77.7 Å². The van der Waals surface area contributed by atoms with Crippen LogP contribution in [0.25, 0.3) is 0 Å². The smallest absolute Gasteiger partial charge is 0.311 e. The normalized spacial score (nSPS) is 48.2. The summed E-state index contributed by atoms with van der Waals surface area (Å²) in [5.41, 5.74) is 0. The minimum Gasteiger partial charge on any atom is -0.462 e. The first kappa shape index (κ1) is 21.4. The van der Waals surface area contributed by atoms with Crippen LogP contribution in [-0.2, 0) is 23.8 Å². The number of esters is 2. The van der Waals surface area contributed by atoms with Gasteiger partial charge in [0.15, 0.2) is 6.79 Å². The van der Waals surface area contributed by atoms with E-state index in [1.807, 2.05) is 13.8 Å². The van der Waals surface area contributed by atoms with Crippen molar-refractivity contribution in [3.63, 3.8) is 0 Å². The summed E-state index contributed by atoms with van der Waals surface area (Å²) in [5.74, 6) is 5.91. The summed E-state index contributed by atoms with van der Waals surface area (Å²) in [4.78, 5) is 25.4. The monoisotopic (exact) mass is 444 g/mol. The molecular formula is C27H40O5. The second kappa shape index (κ2) is 8.29. The molecule has 0 saturated heterocycles. The topological polar surface area (TPSA) is 61.8 Å². The molecule has 6 rings (SSSR count). The van der Waals surface area contributed by atoms with E-state index < -0.39 is 0 Å². The second-order valence-corrected chi connectivity index (χ2v) is 12.2. The molecule has 0 aromatic carbocycles. The van der Waals surface area contributed by atoms with Gasteiger partial charge in [-0.05, 0) is 105 Å². The third-order valence-electron chi connectivity index (χ3n) is 10.8. The molecule has 0 aromatic rings. The van der Waals surface area contributed by atoms with Crippen LogP contribution in [0.2, 0.25) is 0 Å². The first-order chi connectivity index (χ1) is 15.5. The Morgan fingerprint density at radius 3 is 2.47 bits per heavy atom. The lowest BCUT2D eigenvalue weighted by molar-refractivity contribution is -0.169. The minimum absolute atomic E-state index is 0.0212. The Bertz CT molecular complexity index is 750. The first-order valence-electron chi connectivity index (χ1n) is 13.5. The highest BCUT2D eigenvalue weighted by Crippen LogP contribution is 2.69. The van der Waals surface area contributed by atoms with Gasteiger partial charge in [0.2, 0.25) is 0 Å². The molecule has 6 aliphatic carbocycles. The van der Waals surface area contributed by atoms with Gasteiger partial charge in [-0.3, -0.25) is 9.59 Å².